The van der Waals surface area contributed by atoms with Crippen LogP contribution in [0.1, 0.15) is 20.8 Å². The minimum absolute atomic E-state index is 0.0847. The first-order chi connectivity index (χ1) is 8.97. The third kappa shape index (κ3) is 3.07. The first kappa shape index (κ1) is 13.5. The van der Waals surface area contributed by atoms with Crippen LogP contribution in [-0.4, -0.2) is 22.0 Å². The molecule has 0 bridgehead atoms. The molecular formula is C12H8Cl2N2O3. The molecule has 0 radical (unpaired) electrons. The number of carboxylic acid groups (broad SMARTS) is 1. The summed E-state index contributed by atoms with van der Waals surface area (Å²) in [5.41, 5.74) is 0.308. The normalized spacial score (nSPS) is 10.2. The Morgan fingerprint density at radius 1 is 1.16 bits per heavy atom. The molecule has 98 valence electrons. The fraction of sp³-hybridized carbons (Fsp3) is 0. The number of carboxylic acids is 1. The van der Waals surface area contributed by atoms with Gasteiger partial charge in [-0.1, -0.05) is 23.2 Å². The van der Waals surface area contributed by atoms with Gasteiger partial charge >= 0.3 is 5.97 Å². The molecule has 0 saturated carbocycles. The van der Waals surface area contributed by atoms with Crippen molar-refractivity contribution in [1.82, 2.24) is 4.98 Å². The minimum Gasteiger partial charge on any atom is -0.478 e. The number of anilines is 1. The van der Waals surface area contributed by atoms with Gasteiger partial charge in [0.05, 0.1) is 16.3 Å². The van der Waals surface area contributed by atoms with Crippen molar-refractivity contribution in [3.8, 4) is 0 Å². The summed E-state index contributed by atoms with van der Waals surface area (Å²) in [6.45, 7) is 0. The van der Waals surface area contributed by atoms with E-state index in [0.717, 1.165) is 0 Å². The van der Waals surface area contributed by atoms with Gasteiger partial charge < -0.3 is 15.4 Å². The van der Waals surface area contributed by atoms with E-state index < -0.39 is 11.9 Å². The Morgan fingerprint density at radius 2 is 1.89 bits per heavy atom. The first-order valence-electron chi connectivity index (χ1n) is 5.15. The molecule has 5 nitrogen and oxygen atoms in total. The van der Waals surface area contributed by atoms with Crippen LogP contribution < -0.4 is 5.32 Å². The fourth-order valence-electron chi connectivity index (χ4n) is 1.49. The van der Waals surface area contributed by atoms with E-state index in [-0.39, 0.29) is 22.0 Å². The van der Waals surface area contributed by atoms with E-state index in [4.69, 9.17) is 28.3 Å². The number of hydrogen-bond acceptors (Lipinski definition) is 2. The molecule has 0 aliphatic rings. The van der Waals surface area contributed by atoms with Gasteiger partial charge in [0.2, 0.25) is 0 Å². The van der Waals surface area contributed by atoms with Crippen LogP contribution in [0.25, 0.3) is 0 Å². The molecule has 0 fully saturated rings. The van der Waals surface area contributed by atoms with Crippen LogP contribution in [0.3, 0.4) is 0 Å². The summed E-state index contributed by atoms with van der Waals surface area (Å²) >= 11 is 11.4. The lowest BCUT2D eigenvalue weighted by molar-refractivity contribution is 0.0698. The Hall–Kier alpha value is -1.98. The Bertz CT molecular complexity index is 652. The number of aromatic amines is 1. The molecule has 0 atom stereocenters. The Kier molecular flexibility index (Phi) is 3.78. The number of H-pyrrole nitrogens is 1. The summed E-state index contributed by atoms with van der Waals surface area (Å²) in [4.78, 5) is 25.6. The largest absolute Gasteiger partial charge is 0.478 e. The van der Waals surface area contributed by atoms with Crippen LogP contribution in [0.2, 0.25) is 10.0 Å². The molecule has 2 aromatic rings. The van der Waals surface area contributed by atoms with Crippen molar-refractivity contribution in [2.24, 2.45) is 0 Å². The summed E-state index contributed by atoms with van der Waals surface area (Å²) in [5.74, 6) is -1.67. The topological polar surface area (TPSA) is 82.2 Å². The second kappa shape index (κ2) is 5.34. The highest BCUT2D eigenvalue weighted by atomic mass is 35.5. The second-order valence-corrected chi connectivity index (χ2v) is 4.55. The van der Waals surface area contributed by atoms with Crippen molar-refractivity contribution in [2.45, 2.75) is 0 Å². The van der Waals surface area contributed by atoms with Crippen molar-refractivity contribution >= 4 is 40.8 Å². The SMILES string of the molecule is O=C(Nc1ccc(Cl)cc1C(=O)O)c1cc(Cl)c[nH]1. The second-order valence-electron chi connectivity index (χ2n) is 3.68. The van der Waals surface area contributed by atoms with E-state index in [1.807, 2.05) is 0 Å². The highest BCUT2D eigenvalue weighted by molar-refractivity contribution is 6.31. The molecule has 7 heteroatoms. The lowest BCUT2D eigenvalue weighted by Gasteiger charge is -2.07. The van der Waals surface area contributed by atoms with E-state index in [9.17, 15) is 9.59 Å². The Labute approximate surface area is 118 Å². The lowest BCUT2D eigenvalue weighted by Crippen LogP contribution is -2.15. The zero-order chi connectivity index (χ0) is 14.0. The highest BCUT2D eigenvalue weighted by Crippen LogP contribution is 2.21. The smallest absolute Gasteiger partial charge is 0.337 e. The van der Waals surface area contributed by atoms with E-state index in [2.05, 4.69) is 10.3 Å². The van der Waals surface area contributed by atoms with E-state index >= 15 is 0 Å². The number of hydrogen-bond donors (Lipinski definition) is 3. The first-order valence-corrected chi connectivity index (χ1v) is 5.91. The van der Waals surface area contributed by atoms with Gasteiger partial charge in [-0.2, -0.15) is 0 Å². The van der Waals surface area contributed by atoms with Gasteiger partial charge in [-0.15, -0.1) is 0 Å². The fourth-order valence-corrected chi connectivity index (χ4v) is 1.83. The number of halogens is 2. The van der Waals surface area contributed by atoms with Gasteiger partial charge in [0.1, 0.15) is 5.69 Å². The lowest BCUT2D eigenvalue weighted by atomic mass is 10.1. The predicted molar refractivity (Wildman–Crippen MR) is 72.2 cm³/mol. The monoisotopic (exact) mass is 298 g/mol. The van der Waals surface area contributed by atoms with Gasteiger partial charge in [-0.05, 0) is 24.3 Å². The molecule has 0 spiro atoms. The van der Waals surface area contributed by atoms with Crippen LogP contribution in [0.5, 0.6) is 0 Å². The Balaban J connectivity index is 2.28. The average Bonchev–Trinajstić information content (AvgIpc) is 2.78. The number of nitrogens with one attached hydrogen (secondary N) is 2. The van der Waals surface area contributed by atoms with Gasteiger partial charge in [0.15, 0.2) is 0 Å². The van der Waals surface area contributed by atoms with Crippen molar-refractivity contribution < 1.29 is 14.7 Å². The average molecular weight is 299 g/mol. The minimum atomic E-state index is -1.18. The molecule has 19 heavy (non-hydrogen) atoms. The van der Waals surface area contributed by atoms with Crippen molar-refractivity contribution in [3.63, 3.8) is 0 Å². The number of aromatic carboxylic acids is 1. The standard InChI is InChI=1S/C12H8Cl2N2O3/c13-6-1-2-9(8(3-6)12(18)19)16-11(17)10-4-7(14)5-15-10/h1-5,15H,(H,16,17)(H,18,19). The number of aromatic nitrogens is 1. The predicted octanol–water partition coefficient (Wildman–Crippen LogP) is 3.27. The molecule has 3 N–H and O–H groups in total. The molecule has 0 unspecified atom stereocenters. The summed E-state index contributed by atoms with van der Waals surface area (Å²) < 4.78 is 0. The van der Waals surface area contributed by atoms with Gasteiger partial charge in [-0.25, -0.2) is 4.79 Å². The maximum atomic E-state index is 11.9. The molecule has 0 aliphatic carbocycles. The number of carbonyl (C=O) groups is 2. The molecule has 1 amide bonds. The third-order valence-corrected chi connectivity index (χ3v) is 2.81. The van der Waals surface area contributed by atoms with Crippen LogP contribution >= 0.6 is 23.2 Å². The van der Waals surface area contributed by atoms with Crippen LogP contribution in [-0.2, 0) is 0 Å². The third-order valence-electron chi connectivity index (χ3n) is 2.35. The maximum absolute atomic E-state index is 11.9. The van der Waals surface area contributed by atoms with Crippen LogP contribution in [0.15, 0.2) is 30.5 Å². The summed E-state index contributed by atoms with van der Waals surface area (Å²) in [7, 11) is 0. The quantitative estimate of drug-likeness (QED) is 0.813. The van der Waals surface area contributed by atoms with Crippen molar-refractivity contribution in [2.75, 3.05) is 5.32 Å². The maximum Gasteiger partial charge on any atom is 0.337 e. The summed E-state index contributed by atoms with van der Waals surface area (Å²) in [6, 6.07) is 5.62. The van der Waals surface area contributed by atoms with Crippen LogP contribution in [0.4, 0.5) is 5.69 Å². The number of rotatable bonds is 3. The molecule has 0 saturated heterocycles. The highest BCUT2D eigenvalue weighted by Gasteiger charge is 2.15. The number of amides is 1. The summed E-state index contributed by atoms with van der Waals surface area (Å²) in [6.07, 6.45) is 1.45. The van der Waals surface area contributed by atoms with E-state index in [1.165, 1.54) is 30.5 Å². The molecule has 1 aromatic carbocycles. The van der Waals surface area contributed by atoms with Crippen LogP contribution in [0, 0.1) is 0 Å². The molecule has 1 aromatic heterocycles. The van der Waals surface area contributed by atoms with Crippen molar-refractivity contribution in [3.05, 3.63) is 51.8 Å². The van der Waals surface area contributed by atoms with Gasteiger partial charge in [0, 0.05) is 11.2 Å². The number of benzene rings is 1. The number of carbonyl (C=O) groups excluding carboxylic acids is 1. The zero-order valence-electron chi connectivity index (χ0n) is 9.41. The molecular weight excluding hydrogens is 291 g/mol. The van der Waals surface area contributed by atoms with Gasteiger partial charge in [0.25, 0.3) is 5.91 Å². The van der Waals surface area contributed by atoms with E-state index in [1.54, 1.807) is 0 Å². The van der Waals surface area contributed by atoms with Crippen molar-refractivity contribution in [1.29, 1.82) is 0 Å². The summed E-state index contributed by atoms with van der Waals surface area (Å²) in [5, 5.41) is 12.2. The molecule has 0 aliphatic heterocycles. The van der Waals surface area contributed by atoms with E-state index in [0.29, 0.717) is 5.02 Å². The van der Waals surface area contributed by atoms with Gasteiger partial charge in [-0.3, -0.25) is 4.79 Å². The molecule has 2 rings (SSSR count). The Morgan fingerprint density at radius 3 is 2.47 bits per heavy atom. The molecule has 1 heterocycles. The zero-order valence-corrected chi connectivity index (χ0v) is 10.9.